The number of nitrogens with zero attached hydrogens (tertiary/aromatic N) is 4. The van der Waals surface area contributed by atoms with E-state index in [0.717, 1.165) is 40.1 Å². The largest absolute Gasteiger partial charge is 0.492 e. The lowest BCUT2D eigenvalue weighted by molar-refractivity contribution is -0.114. The summed E-state index contributed by atoms with van der Waals surface area (Å²) in [6, 6.07) is 17.8. The summed E-state index contributed by atoms with van der Waals surface area (Å²) in [4.78, 5) is 17.2. The number of carbonyl (C=O) groups excluding carboxylic acids is 1. The molecule has 3 aromatic rings. The summed E-state index contributed by atoms with van der Waals surface area (Å²) in [5.41, 5.74) is 2.17. The van der Waals surface area contributed by atoms with E-state index in [1.807, 2.05) is 54.7 Å². The highest BCUT2D eigenvalue weighted by molar-refractivity contribution is 8.26. The van der Waals surface area contributed by atoms with Crippen molar-refractivity contribution < 1.29 is 9.53 Å². The van der Waals surface area contributed by atoms with Crippen LogP contribution in [0.4, 0.5) is 0 Å². The van der Waals surface area contributed by atoms with E-state index in [-0.39, 0.29) is 11.4 Å². The molecule has 1 N–H and O–H groups in total. The van der Waals surface area contributed by atoms with Crippen molar-refractivity contribution >= 4 is 50.7 Å². The molecule has 3 heterocycles. The van der Waals surface area contributed by atoms with Gasteiger partial charge < -0.3 is 9.30 Å². The minimum Gasteiger partial charge on any atom is -0.492 e. The van der Waals surface area contributed by atoms with Crippen molar-refractivity contribution in [3.8, 4) is 5.75 Å². The molecule has 0 saturated heterocycles. The maximum Gasteiger partial charge on any atom is 0.283 e. The van der Waals surface area contributed by atoms with E-state index in [2.05, 4.69) is 27.7 Å². The van der Waals surface area contributed by atoms with Gasteiger partial charge in [-0.05, 0) is 48.9 Å². The number of benzene rings is 2. The van der Waals surface area contributed by atoms with Crippen molar-refractivity contribution in [2.75, 3.05) is 6.61 Å². The Morgan fingerprint density at radius 3 is 2.65 bits per heavy atom. The summed E-state index contributed by atoms with van der Waals surface area (Å²) in [7, 11) is 0. The van der Waals surface area contributed by atoms with Gasteiger partial charge in [-0.25, -0.2) is 0 Å². The van der Waals surface area contributed by atoms with Gasteiger partial charge in [0.2, 0.25) is 5.17 Å². The number of amidine groups is 2. The first-order chi connectivity index (χ1) is 18.1. The van der Waals surface area contributed by atoms with Crippen molar-refractivity contribution in [3.05, 3.63) is 71.9 Å². The van der Waals surface area contributed by atoms with Gasteiger partial charge in [0.05, 0.1) is 12.1 Å². The third-order valence-corrected chi connectivity index (χ3v) is 7.42. The summed E-state index contributed by atoms with van der Waals surface area (Å²) < 4.78 is 8.01. The van der Waals surface area contributed by atoms with Crippen molar-refractivity contribution in [3.63, 3.8) is 0 Å². The molecule has 0 saturated carbocycles. The minimum absolute atomic E-state index is 0.0766. The number of rotatable bonds is 11. The Hall–Kier alpha value is -3.65. The molecule has 0 unspecified atom stereocenters. The van der Waals surface area contributed by atoms with Gasteiger partial charge in [-0.1, -0.05) is 69.0 Å². The van der Waals surface area contributed by atoms with Crippen LogP contribution < -0.4 is 4.74 Å². The zero-order valence-electron chi connectivity index (χ0n) is 21.0. The van der Waals surface area contributed by atoms with E-state index < -0.39 is 5.91 Å². The standard InChI is InChI=1S/C29H31N5O2S/c1-2-3-4-5-9-16-26-32-34-27(30)24(28(35)31-29(34)37-26)19-21-20-33(25-15-11-10-14-23(21)25)17-18-36-22-12-7-6-8-13-22/h6-8,10-15,19-20,30H,2-5,9,16-18H2,1H3/b24-19-,30-27?. The average molecular weight is 514 g/mol. The predicted molar refractivity (Wildman–Crippen MR) is 152 cm³/mol. The van der Waals surface area contributed by atoms with Crippen molar-refractivity contribution in [2.24, 2.45) is 10.1 Å². The van der Waals surface area contributed by atoms with Crippen LogP contribution in [0.3, 0.4) is 0 Å². The second kappa shape index (κ2) is 11.6. The first kappa shape index (κ1) is 25.0. The highest BCUT2D eigenvalue weighted by atomic mass is 32.2. The molecule has 37 heavy (non-hydrogen) atoms. The number of thioether (sulfide) groups is 1. The highest BCUT2D eigenvalue weighted by Gasteiger charge is 2.35. The number of fused-ring (bicyclic) bond motifs is 2. The monoisotopic (exact) mass is 513 g/mol. The van der Waals surface area contributed by atoms with Crippen LogP contribution in [0.25, 0.3) is 17.0 Å². The number of nitrogens with one attached hydrogen (secondary N) is 1. The lowest BCUT2D eigenvalue weighted by Crippen LogP contribution is -2.35. The topological polar surface area (TPSA) is 83.0 Å². The van der Waals surface area contributed by atoms with Gasteiger partial charge in [0.15, 0.2) is 5.84 Å². The third kappa shape index (κ3) is 5.69. The molecule has 2 aliphatic heterocycles. The highest BCUT2D eigenvalue weighted by Crippen LogP contribution is 2.31. The number of hydrazone groups is 1. The Morgan fingerprint density at radius 1 is 1.03 bits per heavy atom. The van der Waals surface area contributed by atoms with E-state index in [1.54, 1.807) is 6.08 Å². The van der Waals surface area contributed by atoms with Crippen LogP contribution in [0, 0.1) is 5.41 Å². The summed E-state index contributed by atoms with van der Waals surface area (Å²) in [6.45, 7) is 3.38. The van der Waals surface area contributed by atoms with E-state index in [9.17, 15) is 4.79 Å². The summed E-state index contributed by atoms with van der Waals surface area (Å²) >= 11 is 1.41. The first-order valence-corrected chi connectivity index (χ1v) is 13.7. The molecular formula is C29H31N5O2S. The smallest absolute Gasteiger partial charge is 0.283 e. The number of aliphatic imine (C=N–C) groups is 1. The Morgan fingerprint density at radius 2 is 1.81 bits per heavy atom. The zero-order valence-corrected chi connectivity index (χ0v) is 21.8. The molecule has 0 atom stereocenters. The van der Waals surface area contributed by atoms with Gasteiger partial charge in [-0.15, -0.1) is 0 Å². The molecule has 0 bridgehead atoms. The Labute approximate surface area is 221 Å². The molecule has 5 rings (SSSR count). The second-order valence-corrected chi connectivity index (χ2v) is 10.2. The molecule has 7 nitrogen and oxygen atoms in total. The zero-order chi connectivity index (χ0) is 25.6. The number of unbranched alkanes of at least 4 members (excludes halogenated alkanes) is 4. The summed E-state index contributed by atoms with van der Waals surface area (Å²) in [5, 5.41) is 17.3. The van der Waals surface area contributed by atoms with Gasteiger partial charge in [0.1, 0.15) is 17.4 Å². The molecule has 0 spiro atoms. The van der Waals surface area contributed by atoms with Crippen LogP contribution in [0.5, 0.6) is 5.75 Å². The third-order valence-electron chi connectivity index (χ3n) is 6.45. The summed E-state index contributed by atoms with van der Waals surface area (Å²) in [5.74, 6) is 0.515. The SMILES string of the molecule is CCCCCCCC1=NN2C(=N)/C(=C/c3cn(CCOc4ccccc4)c4ccccc34)C(=O)N=C2S1. The number of aromatic nitrogens is 1. The fourth-order valence-corrected chi connectivity index (χ4v) is 5.45. The lowest BCUT2D eigenvalue weighted by Gasteiger charge is -2.20. The fraction of sp³-hybridized carbons (Fsp3) is 0.310. The van der Waals surface area contributed by atoms with Crippen molar-refractivity contribution in [2.45, 2.75) is 52.0 Å². The molecule has 2 aromatic carbocycles. The van der Waals surface area contributed by atoms with Crippen molar-refractivity contribution in [1.29, 1.82) is 5.41 Å². The van der Waals surface area contributed by atoms with E-state index in [4.69, 9.17) is 10.1 Å². The number of ether oxygens (including phenoxy) is 1. The number of hydrogen-bond donors (Lipinski definition) is 1. The van der Waals surface area contributed by atoms with Crippen LogP contribution >= 0.6 is 11.8 Å². The van der Waals surface area contributed by atoms with Gasteiger partial charge in [-0.3, -0.25) is 10.2 Å². The Bertz CT molecular complexity index is 1390. The van der Waals surface area contributed by atoms with E-state index in [1.165, 1.54) is 42.5 Å². The van der Waals surface area contributed by atoms with Gasteiger partial charge in [0, 0.05) is 22.7 Å². The number of hydrogen-bond acceptors (Lipinski definition) is 5. The molecule has 0 radical (unpaired) electrons. The molecule has 1 amide bonds. The molecule has 0 fully saturated rings. The van der Waals surface area contributed by atoms with E-state index >= 15 is 0 Å². The first-order valence-electron chi connectivity index (χ1n) is 12.9. The van der Waals surface area contributed by atoms with Crippen LogP contribution in [0.15, 0.2) is 76.5 Å². The van der Waals surface area contributed by atoms with Crippen LogP contribution in [-0.4, -0.2) is 38.1 Å². The lowest BCUT2D eigenvalue weighted by atomic mass is 10.1. The maximum absolute atomic E-state index is 12.9. The van der Waals surface area contributed by atoms with Crippen LogP contribution in [-0.2, 0) is 11.3 Å². The fourth-order valence-electron chi connectivity index (χ4n) is 4.52. The molecular weight excluding hydrogens is 482 g/mol. The normalized spacial score (nSPS) is 16.4. The molecule has 190 valence electrons. The maximum atomic E-state index is 12.9. The second-order valence-electron chi connectivity index (χ2n) is 9.13. The van der Waals surface area contributed by atoms with Crippen LogP contribution in [0.1, 0.15) is 51.0 Å². The summed E-state index contributed by atoms with van der Waals surface area (Å²) in [6.07, 6.45) is 10.6. The quantitative estimate of drug-likeness (QED) is 0.228. The van der Waals surface area contributed by atoms with E-state index in [0.29, 0.717) is 18.3 Å². The molecule has 1 aromatic heterocycles. The average Bonchev–Trinajstić information content (AvgIpc) is 3.48. The van der Waals surface area contributed by atoms with Gasteiger partial charge in [-0.2, -0.15) is 15.1 Å². The Kier molecular flexibility index (Phi) is 7.84. The van der Waals surface area contributed by atoms with Crippen LogP contribution in [0.2, 0.25) is 0 Å². The number of para-hydroxylation sites is 2. The van der Waals surface area contributed by atoms with Gasteiger partial charge >= 0.3 is 0 Å². The molecule has 8 heteroatoms. The molecule has 2 aliphatic rings. The predicted octanol–water partition coefficient (Wildman–Crippen LogP) is 6.70. The molecule has 0 aliphatic carbocycles. The number of amides is 1. The Balaban J connectivity index is 1.33. The minimum atomic E-state index is -0.396. The number of carbonyl (C=O) groups is 1. The van der Waals surface area contributed by atoms with Crippen molar-refractivity contribution in [1.82, 2.24) is 9.58 Å². The van der Waals surface area contributed by atoms with Gasteiger partial charge in [0.25, 0.3) is 5.91 Å².